The molecule has 0 aromatic heterocycles. The predicted molar refractivity (Wildman–Crippen MR) is 57.5 cm³/mol. The topological polar surface area (TPSA) is 0 Å². The first-order valence-electron chi connectivity index (χ1n) is 3.85. The molecule has 0 heterocycles. The van der Waals surface area contributed by atoms with Crippen LogP contribution in [0.15, 0.2) is 47.9 Å². The van der Waals surface area contributed by atoms with E-state index in [-0.39, 0.29) is 0 Å². The molecule has 0 N–H and O–H groups in total. The van der Waals surface area contributed by atoms with Crippen LogP contribution in [0.2, 0.25) is 0 Å². The van der Waals surface area contributed by atoms with Crippen LogP contribution in [-0.4, -0.2) is 0 Å². The van der Waals surface area contributed by atoms with Gasteiger partial charge in [-0.3, -0.25) is 0 Å². The van der Waals surface area contributed by atoms with Gasteiger partial charge >= 0.3 is 0 Å². The summed E-state index contributed by atoms with van der Waals surface area (Å²) in [6, 6.07) is 7.97. The Morgan fingerprint density at radius 1 is 1.33 bits per heavy atom. The normalized spacial score (nSPS) is 10.5. The first-order chi connectivity index (χ1) is 5.74. The summed E-state index contributed by atoms with van der Waals surface area (Å²) in [5.41, 5.74) is 2.18. The van der Waals surface area contributed by atoms with Gasteiger partial charge in [0.05, 0.1) is 0 Å². The zero-order valence-corrected chi connectivity index (χ0v) is 8.01. The molecule has 0 fully saturated rings. The molecule has 0 atom stereocenters. The Morgan fingerprint density at radius 3 is 2.42 bits per heavy atom. The van der Waals surface area contributed by atoms with Crippen LogP contribution in [-0.2, 0) is 0 Å². The second-order valence-electron chi connectivity index (χ2n) is 2.57. The maximum absolute atomic E-state index is 4.20. The third kappa shape index (κ3) is 2.28. The van der Waals surface area contributed by atoms with Crippen LogP contribution >= 0.6 is 12.6 Å². The molecular formula is C11H12S. The average molecular weight is 176 g/mol. The summed E-state index contributed by atoms with van der Waals surface area (Å²) in [5.74, 6) is 0. The van der Waals surface area contributed by atoms with Gasteiger partial charge in [-0.05, 0) is 30.2 Å². The molecule has 0 saturated heterocycles. The number of rotatable bonds is 2. The summed E-state index contributed by atoms with van der Waals surface area (Å²) in [4.78, 5) is 0.979. The molecule has 12 heavy (non-hydrogen) atoms. The van der Waals surface area contributed by atoms with Gasteiger partial charge in [0, 0.05) is 4.90 Å². The van der Waals surface area contributed by atoms with Gasteiger partial charge in [0.2, 0.25) is 0 Å². The smallest absolute Gasteiger partial charge is 0.00404 e. The Hall–Kier alpha value is -0.950. The molecule has 1 heteroatoms. The van der Waals surface area contributed by atoms with E-state index >= 15 is 0 Å². The van der Waals surface area contributed by atoms with Gasteiger partial charge in [-0.2, -0.15) is 0 Å². The van der Waals surface area contributed by atoms with Crippen LogP contribution in [0.5, 0.6) is 0 Å². The molecule has 62 valence electrons. The van der Waals surface area contributed by atoms with E-state index in [1.54, 1.807) is 0 Å². The zero-order valence-electron chi connectivity index (χ0n) is 7.12. The molecule has 0 nitrogen and oxygen atoms in total. The standard InChI is InChI=1S/C11H12S/c1-3-4-9(2)10-5-7-11(12)8-6-10/h3-8,12H,2H2,1H3/b4-3-. The maximum Gasteiger partial charge on any atom is 0.00404 e. The molecule has 1 aromatic carbocycles. The van der Waals surface area contributed by atoms with Crippen molar-refractivity contribution in [2.75, 3.05) is 0 Å². The molecular weight excluding hydrogens is 164 g/mol. The van der Waals surface area contributed by atoms with E-state index < -0.39 is 0 Å². The lowest BCUT2D eigenvalue weighted by molar-refractivity contribution is 1.45. The minimum absolute atomic E-state index is 0.979. The van der Waals surface area contributed by atoms with Crippen LogP contribution in [0.25, 0.3) is 5.57 Å². The number of benzene rings is 1. The van der Waals surface area contributed by atoms with Gasteiger partial charge in [-0.1, -0.05) is 30.9 Å². The zero-order chi connectivity index (χ0) is 8.97. The quantitative estimate of drug-likeness (QED) is 0.517. The van der Waals surface area contributed by atoms with Gasteiger partial charge in [0.25, 0.3) is 0 Å². The van der Waals surface area contributed by atoms with Gasteiger partial charge in [0.1, 0.15) is 0 Å². The lowest BCUT2D eigenvalue weighted by Crippen LogP contribution is -1.77. The Morgan fingerprint density at radius 2 is 1.92 bits per heavy atom. The van der Waals surface area contributed by atoms with Crippen LogP contribution in [0.1, 0.15) is 12.5 Å². The first kappa shape index (κ1) is 9.14. The monoisotopic (exact) mass is 176 g/mol. The molecule has 0 bridgehead atoms. The van der Waals surface area contributed by atoms with Crippen molar-refractivity contribution in [3.63, 3.8) is 0 Å². The third-order valence-corrected chi connectivity index (χ3v) is 1.90. The van der Waals surface area contributed by atoms with Crippen molar-refractivity contribution < 1.29 is 0 Å². The van der Waals surface area contributed by atoms with Crippen LogP contribution in [0.3, 0.4) is 0 Å². The van der Waals surface area contributed by atoms with E-state index in [1.165, 1.54) is 0 Å². The highest BCUT2D eigenvalue weighted by Gasteiger charge is 1.92. The lowest BCUT2D eigenvalue weighted by Gasteiger charge is -1.99. The van der Waals surface area contributed by atoms with Crippen LogP contribution in [0, 0.1) is 0 Å². The van der Waals surface area contributed by atoms with Crippen LogP contribution < -0.4 is 0 Å². The Labute approximate surface area is 79.0 Å². The largest absolute Gasteiger partial charge is 0.143 e. The number of hydrogen-bond acceptors (Lipinski definition) is 1. The molecule has 0 spiro atoms. The number of allylic oxidation sites excluding steroid dienone is 3. The van der Waals surface area contributed by atoms with Gasteiger partial charge in [0.15, 0.2) is 0 Å². The third-order valence-electron chi connectivity index (χ3n) is 1.61. The van der Waals surface area contributed by atoms with Gasteiger partial charge in [-0.25, -0.2) is 0 Å². The number of thiol groups is 1. The fourth-order valence-corrected chi connectivity index (χ4v) is 1.12. The van der Waals surface area contributed by atoms with Crippen molar-refractivity contribution in [3.05, 3.63) is 48.6 Å². The highest BCUT2D eigenvalue weighted by Crippen LogP contribution is 2.15. The van der Waals surface area contributed by atoms with E-state index in [2.05, 4.69) is 19.2 Å². The minimum Gasteiger partial charge on any atom is -0.143 e. The molecule has 0 aliphatic rings. The molecule has 0 amide bonds. The summed E-state index contributed by atoms with van der Waals surface area (Å²) >= 11 is 4.20. The SMILES string of the molecule is C=C(/C=C\C)c1ccc(S)cc1. The summed E-state index contributed by atoms with van der Waals surface area (Å²) in [6.45, 7) is 5.92. The fraction of sp³-hybridized carbons (Fsp3) is 0.0909. The number of hydrogen-bond donors (Lipinski definition) is 1. The van der Waals surface area contributed by atoms with E-state index in [0.29, 0.717) is 0 Å². The molecule has 0 aliphatic carbocycles. The van der Waals surface area contributed by atoms with Crippen molar-refractivity contribution in [3.8, 4) is 0 Å². The Kier molecular flexibility index (Phi) is 3.18. The van der Waals surface area contributed by atoms with Crippen molar-refractivity contribution in [2.45, 2.75) is 11.8 Å². The average Bonchev–Trinajstić information content (AvgIpc) is 2.06. The lowest BCUT2D eigenvalue weighted by atomic mass is 10.1. The molecule has 0 unspecified atom stereocenters. The summed E-state index contributed by atoms with van der Waals surface area (Å²) in [6.07, 6.45) is 3.98. The second kappa shape index (κ2) is 4.17. The molecule has 1 aromatic rings. The van der Waals surface area contributed by atoms with Crippen molar-refractivity contribution in [1.82, 2.24) is 0 Å². The fourth-order valence-electron chi connectivity index (χ4n) is 0.973. The van der Waals surface area contributed by atoms with Crippen molar-refractivity contribution >= 4 is 18.2 Å². The maximum atomic E-state index is 4.20. The van der Waals surface area contributed by atoms with E-state index in [9.17, 15) is 0 Å². The first-order valence-corrected chi connectivity index (χ1v) is 4.30. The van der Waals surface area contributed by atoms with Gasteiger partial charge in [-0.15, -0.1) is 12.6 Å². The summed E-state index contributed by atoms with van der Waals surface area (Å²) in [5, 5.41) is 0. The summed E-state index contributed by atoms with van der Waals surface area (Å²) in [7, 11) is 0. The van der Waals surface area contributed by atoms with E-state index in [1.807, 2.05) is 43.3 Å². The Balaban J connectivity index is 2.90. The van der Waals surface area contributed by atoms with Crippen molar-refractivity contribution in [1.29, 1.82) is 0 Å². The molecule has 0 radical (unpaired) electrons. The predicted octanol–water partition coefficient (Wildman–Crippen LogP) is 3.56. The highest BCUT2D eigenvalue weighted by molar-refractivity contribution is 7.80. The van der Waals surface area contributed by atoms with Gasteiger partial charge < -0.3 is 0 Å². The summed E-state index contributed by atoms with van der Waals surface area (Å²) < 4.78 is 0. The molecule has 0 saturated carbocycles. The van der Waals surface area contributed by atoms with Crippen LogP contribution in [0.4, 0.5) is 0 Å². The Bertz CT molecular complexity index is 293. The molecule has 0 aliphatic heterocycles. The highest BCUT2D eigenvalue weighted by atomic mass is 32.1. The minimum atomic E-state index is 0.979. The van der Waals surface area contributed by atoms with Crippen molar-refractivity contribution in [2.24, 2.45) is 0 Å². The molecule has 1 rings (SSSR count). The van der Waals surface area contributed by atoms with E-state index in [0.717, 1.165) is 16.0 Å². The second-order valence-corrected chi connectivity index (χ2v) is 3.09. The van der Waals surface area contributed by atoms with E-state index in [4.69, 9.17) is 0 Å².